The van der Waals surface area contributed by atoms with E-state index in [1.54, 1.807) is 24.3 Å². The Labute approximate surface area is 180 Å². The molecule has 3 aliphatic rings. The molecule has 1 aromatic rings. The van der Waals surface area contributed by atoms with Crippen LogP contribution in [0.4, 0.5) is 0 Å². The highest BCUT2D eigenvalue weighted by molar-refractivity contribution is 7.89. The molecule has 8 heteroatoms. The van der Waals surface area contributed by atoms with Crippen molar-refractivity contribution in [3.8, 4) is 0 Å². The number of amides is 1. The maximum absolute atomic E-state index is 13.0. The SMILES string of the molecule is CC1CN(S(=O)(=O)c2ccc(C(=O)N3CCN(C4CCCC4)CC3)cc2)CC(C)O1. The van der Waals surface area contributed by atoms with Gasteiger partial charge in [-0.25, -0.2) is 8.42 Å². The Morgan fingerprint density at radius 3 is 2.07 bits per heavy atom. The van der Waals surface area contributed by atoms with Gasteiger partial charge in [-0.15, -0.1) is 0 Å². The number of benzene rings is 1. The van der Waals surface area contributed by atoms with Crippen LogP contribution in [0.5, 0.6) is 0 Å². The summed E-state index contributed by atoms with van der Waals surface area (Å²) in [6.07, 6.45) is 4.94. The zero-order chi connectivity index (χ0) is 21.3. The van der Waals surface area contributed by atoms with E-state index < -0.39 is 10.0 Å². The quantitative estimate of drug-likeness (QED) is 0.725. The Bertz CT molecular complexity index is 834. The summed E-state index contributed by atoms with van der Waals surface area (Å²) in [6.45, 7) is 7.78. The lowest BCUT2D eigenvalue weighted by atomic mass is 10.1. The van der Waals surface area contributed by atoms with Crippen molar-refractivity contribution in [1.82, 2.24) is 14.1 Å². The molecule has 1 saturated carbocycles. The van der Waals surface area contributed by atoms with Crippen molar-refractivity contribution in [1.29, 1.82) is 0 Å². The minimum atomic E-state index is -3.59. The number of carbonyl (C=O) groups is 1. The molecule has 2 unspecified atom stereocenters. The highest BCUT2D eigenvalue weighted by Crippen LogP contribution is 2.25. The lowest BCUT2D eigenvalue weighted by Crippen LogP contribution is -2.51. The first-order chi connectivity index (χ1) is 14.3. The van der Waals surface area contributed by atoms with Crippen LogP contribution in [0, 0.1) is 0 Å². The predicted octanol–water partition coefficient (Wildman–Crippen LogP) is 2.18. The lowest BCUT2D eigenvalue weighted by Gasteiger charge is -2.38. The summed E-state index contributed by atoms with van der Waals surface area (Å²) in [6, 6.07) is 7.10. The Hall–Kier alpha value is -1.48. The maximum Gasteiger partial charge on any atom is 0.253 e. The summed E-state index contributed by atoms with van der Waals surface area (Å²) < 4.78 is 33.1. The van der Waals surface area contributed by atoms with E-state index in [1.807, 2.05) is 18.7 Å². The number of sulfonamides is 1. The molecule has 30 heavy (non-hydrogen) atoms. The Kier molecular flexibility index (Phi) is 6.48. The zero-order valence-corrected chi connectivity index (χ0v) is 18.8. The largest absolute Gasteiger partial charge is 0.373 e. The van der Waals surface area contributed by atoms with E-state index >= 15 is 0 Å². The fourth-order valence-corrected chi connectivity index (χ4v) is 6.58. The molecule has 166 valence electrons. The summed E-state index contributed by atoms with van der Waals surface area (Å²) in [4.78, 5) is 17.5. The molecule has 2 aliphatic heterocycles. The van der Waals surface area contributed by atoms with Crippen LogP contribution in [0.15, 0.2) is 29.2 Å². The molecule has 0 N–H and O–H groups in total. The summed E-state index contributed by atoms with van der Waals surface area (Å²) in [5, 5.41) is 0. The van der Waals surface area contributed by atoms with Crippen LogP contribution in [0.1, 0.15) is 49.9 Å². The molecule has 0 aromatic heterocycles. The van der Waals surface area contributed by atoms with Crippen LogP contribution in [-0.4, -0.2) is 85.9 Å². The predicted molar refractivity (Wildman–Crippen MR) is 115 cm³/mol. The van der Waals surface area contributed by atoms with E-state index in [0.717, 1.165) is 26.2 Å². The third-order valence-corrected chi connectivity index (χ3v) is 8.41. The standard InChI is InChI=1S/C22H33N3O4S/c1-17-15-25(16-18(2)29-17)30(27,28)21-9-7-19(8-10-21)22(26)24-13-11-23(12-14-24)20-5-3-4-6-20/h7-10,17-18,20H,3-6,11-16H2,1-2H3. The van der Waals surface area contributed by atoms with E-state index in [9.17, 15) is 13.2 Å². The van der Waals surface area contributed by atoms with Crippen LogP contribution < -0.4 is 0 Å². The van der Waals surface area contributed by atoms with Gasteiger partial charge >= 0.3 is 0 Å². The van der Waals surface area contributed by atoms with Gasteiger partial charge in [-0.1, -0.05) is 12.8 Å². The molecule has 7 nitrogen and oxygen atoms in total. The van der Waals surface area contributed by atoms with Gasteiger partial charge in [-0.2, -0.15) is 4.31 Å². The number of ether oxygens (including phenoxy) is 1. The third-order valence-electron chi connectivity index (χ3n) is 6.57. The topological polar surface area (TPSA) is 70.2 Å². The molecule has 1 aromatic carbocycles. The van der Waals surface area contributed by atoms with Gasteiger partial charge in [-0.05, 0) is 51.0 Å². The maximum atomic E-state index is 13.0. The number of rotatable bonds is 4. The second-order valence-electron chi connectivity index (χ2n) is 8.87. The fourth-order valence-electron chi connectivity index (χ4n) is 4.99. The van der Waals surface area contributed by atoms with Crippen LogP contribution in [0.3, 0.4) is 0 Å². The van der Waals surface area contributed by atoms with Gasteiger partial charge in [0, 0.05) is 50.9 Å². The Balaban J connectivity index is 1.39. The minimum absolute atomic E-state index is 0.0152. The average molecular weight is 436 g/mol. The van der Waals surface area contributed by atoms with Crippen molar-refractivity contribution in [2.24, 2.45) is 0 Å². The highest BCUT2D eigenvalue weighted by atomic mass is 32.2. The van der Waals surface area contributed by atoms with Crippen LogP contribution in [0.25, 0.3) is 0 Å². The van der Waals surface area contributed by atoms with Gasteiger partial charge in [0.15, 0.2) is 0 Å². The van der Waals surface area contributed by atoms with E-state index in [4.69, 9.17) is 4.74 Å². The van der Waals surface area contributed by atoms with Crippen LogP contribution >= 0.6 is 0 Å². The summed E-state index contributed by atoms with van der Waals surface area (Å²) in [5.74, 6) is -0.0152. The van der Waals surface area contributed by atoms with E-state index in [-0.39, 0.29) is 23.0 Å². The van der Waals surface area contributed by atoms with Gasteiger partial charge in [0.05, 0.1) is 17.1 Å². The highest BCUT2D eigenvalue weighted by Gasteiger charge is 2.33. The molecular weight excluding hydrogens is 402 g/mol. The molecule has 4 rings (SSSR count). The van der Waals surface area contributed by atoms with Gasteiger partial charge in [0.2, 0.25) is 10.0 Å². The first-order valence-electron chi connectivity index (χ1n) is 11.1. The summed E-state index contributed by atoms with van der Waals surface area (Å²) >= 11 is 0. The van der Waals surface area contributed by atoms with Crippen molar-refractivity contribution < 1.29 is 17.9 Å². The zero-order valence-electron chi connectivity index (χ0n) is 18.0. The lowest BCUT2D eigenvalue weighted by molar-refractivity contribution is -0.0440. The molecule has 2 heterocycles. The van der Waals surface area contributed by atoms with Crippen molar-refractivity contribution >= 4 is 15.9 Å². The van der Waals surface area contributed by atoms with Crippen LogP contribution in [-0.2, 0) is 14.8 Å². The first kappa shape index (κ1) is 21.7. The van der Waals surface area contributed by atoms with Gasteiger partial charge in [-0.3, -0.25) is 9.69 Å². The minimum Gasteiger partial charge on any atom is -0.373 e. The number of hydrogen-bond donors (Lipinski definition) is 0. The molecular formula is C22H33N3O4S. The average Bonchev–Trinajstić information content (AvgIpc) is 3.28. The Morgan fingerprint density at radius 1 is 0.933 bits per heavy atom. The molecule has 3 fully saturated rings. The third kappa shape index (κ3) is 4.56. The number of piperazine rings is 1. The molecule has 1 amide bonds. The monoisotopic (exact) mass is 435 g/mol. The molecule has 2 saturated heterocycles. The molecule has 0 bridgehead atoms. The second kappa shape index (κ2) is 8.94. The fraction of sp³-hybridized carbons (Fsp3) is 0.682. The Morgan fingerprint density at radius 2 is 1.50 bits per heavy atom. The number of nitrogens with zero attached hydrogens (tertiary/aromatic N) is 3. The van der Waals surface area contributed by atoms with Crippen molar-refractivity contribution in [3.05, 3.63) is 29.8 Å². The molecule has 2 atom stereocenters. The number of morpholine rings is 1. The van der Waals surface area contributed by atoms with Crippen LogP contribution in [0.2, 0.25) is 0 Å². The van der Waals surface area contributed by atoms with E-state index in [0.29, 0.717) is 24.7 Å². The normalized spacial score (nSPS) is 27.5. The first-order valence-corrected chi connectivity index (χ1v) is 12.6. The van der Waals surface area contributed by atoms with Gasteiger partial charge < -0.3 is 9.64 Å². The summed E-state index contributed by atoms with van der Waals surface area (Å²) in [5.41, 5.74) is 0.548. The molecule has 0 radical (unpaired) electrons. The number of hydrogen-bond acceptors (Lipinski definition) is 5. The van der Waals surface area contributed by atoms with Crippen molar-refractivity contribution in [2.45, 2.75) is 62.7 Å². The van der Waals surface area contributed by atoms with E-state index in [1.165, 1.54) is 30.0 Å². The smallest absolute Gasteiger partial charge is 0.253 e. The van der Waals surface area contributed by atoms with Crippen molar-refractivity contribution in [2.75, 3.05) is 39.3 Å². The molecule has 0 spiro atoms. The molecule has 1 aliphatic carbocycles. The van der Waals surface area contributed by atoms with Gasteiger partial charge in [0.1, 0.15) is 0 Å². The second-order valence-corrected chi connectivity index (χ2v) is 10.8. The van der Waals surface area contributed by atoms with Gasteiger partial charge in [0.25, 0.3) is 5.91 Å². The van der Waals surface area contributed by atoms with Crippen molar-refractivity contribution in [3.63, 3.8) is 0 Å². The number of carbonyl (C=O) groups excluding carboxylic acids is 1. The summed E-state index contributed by atoms with van der Waals surface area (Å²) in [7, 11) is -3.59. The van der Waals surface area contributed by atoms with E-state index in [2.05, 4.69) is 4.90 Å².